The van der Waals surface area contributed by atoms with E-state index in [1.54, 1.807) is 10.8 Å². The van der Waals surface area contributed by atoms with Gasteiger partial charge in [0.05, 0.1) is 5.69 Å². The molecule has 0 aliphatic carbocycles. The van der Waals surface area contributed by atoms with Crippen molar-refractivity contribution < 1.29 is 0 Å². The van der Waals surface area contributed by atoms with Crippen LogP contribution in [0.25, 0.3) is 16.7 Å². The molecule has 0 aliphatic rings. The fourth-order valence-corrected chi connectivity index (χ4v) is 2.51. The van der Waals surface area contributed by atoms with E-state index in [1.807, 2.05) is 50.2 Å². The van der Waals surface area contributed by atoms with Crippen molar-refractivity contribution in [3.63, 3.8) is 0 Å². The molecule has 2 aromatic heterocycles. The van der Waals surface area contributed by atoms with Crippen LogP contribution >= 0.6 is 11.6 Å². The van der Waals surface area contributed by atoms with Crippen LogP contribution in [-0.4, -0.2) is 9.55 Å². The van der Waals surface area contributed by atoms with Gasteiger partial charge in [-0.05, 0) is 49.7 Å². The van der Waals surface area contributed by atoms with Gasteiger partial charge in [-0.1, -0.05) is 17.7 Å². The van der Waals surface area contributed by atoms with Crippen LogP contribution in [0, 0.1) is 13.8 Å². The van der Waals surface area contributed by atoms with E-state index in [0.29, 0.717) is 16.2 Å². The van der Waals surface area contributed by atoms with Gasteiger partial charge in [0.15, 0.2) is 0 Å². The zero-order valence-electron chi connectivity index (χ0n) is 11.2. The minimum atomic E-state index is -0.0680. The van der Waals surface area contributed by atoms with E-state index in [0.717, 1.165) is 16.6 Å². The minimum Gasteiger partial charge on any atom is -0.269 e. The Morgan fingerprint density at radius 3 is 2.75 bits per heavy atom. The van der Waals surface area contributed by atoms with Crippen LogP contribution in [0.4, 0.5) is 0 Å². The van der Waals surface area contributed by atoms with E-state index in [-0.39, 0.29) is 5.56 Å². The molecule has 0 unspecified atom stereocenters. The summed E-state index contributed by atoms with van der Waals surface area (Å²) in [5, 5.41) is 1.57. The number of aromatic nitrogens is 2. The molecule has 100 valence electrons. The Balaban J connectivity index is 2.50. The van der Waals surface area contributed by atoms with E-state index >= 15 is 0 Å². The van der Waals surface area contributed by atoms with Gasteiger partial charge in [-0.3, -0.25) is 9.36 Å². The lowest BCUT2D eigenvalue weighted by atomic mass is 10.1. The number of benzene rings is 1. The molecule has 2 heterocycles. The van der Waals surface area contributed by atoms with Crippen LogP contribution in [0.1, 0.15) is 11.1 Å². The Morgan fingerprint density at radius 2 is 1.95 bits per heavy atom. The van der Waals surface area contributed by atoms with Crippen molar-refractivity contribution in [1.82, 2.24) is 9.55 Å². The first kappa shape index (κ1) is 12.9. The normalized spacial score (nSPS) is 10.9. The molecule has 20 heavy (non-hydrogen) atoms. The first-order chi connectivity index (χ1) is 9.59. The summed E-state index contributed by atoms with van der Waals surface area (Å²) in [5.74, 6) is 0. The van der Waals surface area contributed by atoms with Crippen molar-refractivity contribution in [2.24, 2.45) is 0 Å². The fourth-order valence-electron chi connectivity index (χ4n) is 2.34. The Hall–Kier alpha value is -2.13. The van der Waals surface area contributed by atoms with Crippen LogP contribution in [-0.2, 0) is 0 Å². The number of hydrogen-bond acceptors (Lipinski definition) is 2. The number of fused-ring (bicyclic) bond motifs is 1. The molecule has 0 spiro atoms. The highest BCUT2D eigenvalue weighted by atomic mass is 35.5. The van der Waals surface area contributed by atoms with E-state index in [9.17, 15) is 4.79 Å². The Morgan fingerprint density at radius 1 is 1.15 bits per heavy atom. The Labute approximate surface area is 121 Å². The summed E-state index contributed by atoms with van der Waals surface area (Å²) >= 11 is 6.17. The first-order valence-corrected chi connectivity index (χ1v) is 6.70. The quantitative estimate of drug-likeness (QED) is 0.683. The molecule has 4 heteroatoms. The third-order valence-corrected chi connectivity index (χ3v) is 3.83. The summed E-state index contributed by atoms with van der Waals surface area (Å²) < 4.78 is 1.63. The predicted molar refractivity (Wildman–Crippen MR) is 81.8 cm³/mol. The molecule has 0 amide bonds. The average Bonchev–Trinajstić information content (AvgIpc) is 2.44. The van der Waals surface area contributed by atoms with Crippen LogP contribution in [0.2, 0.25) is 5.02 Å². The summed E-state index contributed by atoms with van der Waals surface area (Å²) in [6.45, 7) is 3.71. The monoisotopic (exact) mass is 284 g/mol. The van der Waals surface area contributed by atoms with Gasteiger partial charge < -0.3 is 0 Å². The molecule has 0 saturated heterocycles. The number of nitrogens with zero attached hydrogens (tertiary/aromatic N) is 2. The average molecular weight is 285 g/mol. The van der Waals surface area contributed by atoms with E-state index in [2.05, 4.69) is 4.98 Å². The van der Waals surface area contributed by atoms with Gasteiger partial charge in [0.1, 0.15) is 5.65 Å². The number of aryl methyl sites for hydroxylation is 1. The molecule has 0 bridgehead atoms. The van der Waals surface area contributed by atoms with Crippen LogP contribution in [0.5, 0.6) is 0 Å². The van der Waals surface area contributed by atoms with Gasteiger partial charge in [-0.15, -0.1) is 0 Å². The largest absolute Gasteiger partial charge is 0.269 e. The summed E-state index contributed by atoms with van der Waals surface area (Å²) in [5.41, 5.74) is 2.91. The van der Waals surface area contributed by atoms with Gasteiger partial charge in [0.2, 0.25) is 0 Å². The number of rotatable bonds is 1. The summed E-state index contributed by atoms with van der Waals surface area (Å²) in [6.07, 6.45) is 1.69. The zero-order valence-corrected chi connectivity index (χ0v) is 12.0. The topological polar surface area (TPSA) is 34.9 Å². The maximum atomic E-state index is 12.5. The molecule has 3 aromatic rings. The maximum absolute atomic E-state index is 12.5. The molecular formula is C16H13ClN2O. The van der Waals surface area contributed by atoms with Crippen molar-refractivity contribution in [1.29, 1.82) is 0 Å². The maximum Gasteiger partial charge on any atom is 0.259 e. The van der Waals surface area contributed by atoms with Crippen LogP contribution in [0.15, 0.2) is 47.4 Å². The standard InChI is InChI=1S/C16H13ClN2O/c1-10-9-12-5-4-8-18-15(12)19(16(10)20)14-7-3-6-13(17)11(14)2/h3-9H,1-2H3. The van der Waals surface area contributed by atoms with Gasteiger partial charge in [0.25, 0.3) is 5.56 Å². The molecule has 0 radical (unpaired) electrons. The van der Waals surface area contributed by atoms with Gasteiger partial charge in [0, 0.05) is 22.2 Å². The smallest absolute Gasteiger partial charge is 0.259 e. The second-order valence-electron chi connectivity index (χ2n) is 4.77. The number of hydrogen-bond donors (Lipinski definition) is 0. The lowest BCUT2D eigenvalue weighted by molar-refractivity contribution is 0.984. The van der Waals surface area contributed by atoms with Crippen molar-refractivity contribution in [2.45, 2.75) is 13.8 Å². The van der Waals surface area contributed by atoms with E-state index in [1.165, 1.54) is 0 Å². The molecule has 3 rings (SSSR count). The second kappa shape index (κ2) is 4.76. The third kappa shape index (κ3) is 1.91. The number of halogens is 1. The highest BCUT2D eigenvalue weighted by molar-refractivity contribution is 6.31. The second-order valence-corrected chi connectivity index (χ2v) is 5.18. The SMILES string of the molecule is Cc1c(Cl)cccc1-n1c(=O)c(C)cc2cccnc21. The molecule has 0 atom stereocenters. The lowest BCUT2D eigenvalue weighted by Gasteiger charge is -2.13. The molecule has 0 fully saturated rings. The third-order valence-electron chi connectivity index (χ3n) is 3.42. The molecule has 1 aromatic carbocycles. The Bertz CT molecular complexity index is 868. The highest BCUT2D eigenvalue weighted by Crippen LogP contribution is 2.23. The van der Waals surface area contributed by atoms with Crippen molar-refractivity contribution in [3.8, 4) is 5.69 Å². The zero-order chi connectivity index (χ0) is 14.3. The van der Waals surface area contributed by atoms with Crippen LogP contribution in [0.3, 0.4) is 0 Å². The van der Waals surface area contributed by atoms with Gasteiger partial charge >= 0.3 is 0 Å². The number of pyridine rings is 2. The van der Waals surface area contributed by atoms with Gasteiger partial charge in [-0.25, -0.2) is 4.98 Å². The molecule has 0 N–H and O–H groups in total. The van der Waals surface area contributed by atoms with Crippen molar-refractivity contribution in [3.05, 3.63) is 69.1 Å². The minimum absolute atomic E-state index is 0.0680. The van der Waals surface area contributed by atoms with Crippen molar-refractivity contribution in [2.75, 3.05) is 0 Å². The summed E-state index contributed by atoms with van der Waals surface area (Å²) in [6, 6.07) is 11.2. The van der Waals surface area contributed by atoms with E-state index < -0.39 is 0 Å². The van der Waals surface area contributed by atoms with Crippen LogP contribution < -0.4 is 5.56 Å². The molecule has 0 saturated carbocycles. The summed E-state index contributed by atoms with van der Waals surface area (Å²) in [4.78, 5) is 16.9. The fraction of sp³-hybridized carbons (Fsp3) is 0.125. The molecule has 0 aliphatic heterocycles. The summed E-state index contributed by atoms with van der Waals surface area (Å²) in [7, 11) is 0. The first-order valence-electron chi connectivity index (χ1n) is 6.32. The predicted octanol–water partition coefficient (Wildman–Crippen LogP) is 3.66. The molecular weight excluding hydrogens is 272 g/mol. The Kier molecular flexibility index (Phi) is 3.07. The molecule has 3 nitrogen and oxygen atoms in total. The van der Waals surface area contributed by atoms with E-state index in [4.69, 9.17) is 11.6 Å². The van der Waals surface area contributed by atoms with Gasteiger partial charge in [-0.2, -0.15) is 0 Å². The van der Waals surface area contributed by atoms with Crippen molar-refractivity contribution >= 4 is 22.6 Å². The highest BCUT2D eigenvalue weighted by Gasteiger charge is 2.12. The lowest BCUT2D eigenvalue weighted by Crippen LogP contribution is -2.22.